The molecule has 0 bridgehead atoms. The maximum absolute atomic E-state index is 11.9. The summed E-state index contributed by atoms with van der Waals surface area (Å²) >= 11 is 0. The van der Waals surface area contributed by atoms with Gasteiger partial charge in [-0.2, -0.15) is 0 Å². The van der Waals surface area contributed by atoms with E-state index in [-0.39, 0.29) is 17.4 Å². The second-order valence-corrected chi connectivity index (χ2v) is 5.61. The van der Waals surface area contributed by atoms with Crippen LogP contribution >= 0.6 is 0 Å². The minimum Gasteiger partial charge on any atom is -0.351 e. The standard InChI is InChI=1S/C15H24N2O/c1-11-7-5-6-8-13(11)9-15(3,4)17-14(18)12(2)10-16/h5-8,12H,9-10,16H2,1-4H3,(H,17,18). The number of aryl methyl sites for hydroxylation is 1. The van der Waals surface area contributed by atoms with Gasteiger partial charge in [0.1, 0.15) is 0 Å². The van der Waals surface area contributed by atoms with Crippen molar-refractivity contribution in [2.75, 3.05) is 6.54 Å². The first-order chi connectivity index (χ1) is 8.35. The molecule has 0 aliphatic rings. The van der Waals surface area contributed by atoms with Crippen LogP contribution in [0.3, 0.4) is 0 Å². The molecular weight excluding hydrogens is 224 g/mol. The molecule has 1 aromatic carbocycles. The summed E-state index contributed by atoms with van der Waals surface area (Å²) < 4.78 is 0. The molecule has 3 N–H and O–H groups in total. The van der Waals surface area contributed by atoms with Crippen LogP contribution < -0.4 is 11.1 Å². The molecule has 0 aromatic heterocycles. The van der Waals surface area contributed by atoms with Crippen molar-refractivity contribution < 1.29 is 4.79 Å². The van der Waals surface area contributed by atoms with Crippen molar-refractivity contribution in [3.8, 4) is 0 Å². The molecule has 0 aliphatic carbocycles. The Morgan fingerprint density at radius 2 is 2.00 bits per heavy atom. The van der Waals surface area contributed by atoms with Crippen LogP contribution in [0.15, 0.2) is 24.3 Å². The monoisotopic (exact) mass is 248 g/mol. The summed E-state index contributed by atoms with van der Waals surface area (Å²) in [6.07, 6.45) is 0.822. The lowest BCUT2D eigenvalue weighted by Gasteiger charge is -2.28. The number of carbonyl (C=O) groups is 1. The zero-order chi connectivity index (χ0) is 13.8. The first kappa shape index (κ1) is 14.7. The highest BCUT2D eigenvalue weighted by Gasteiger charge is 2.23. The number of benzene rings is 1. The first-order valence-corrected chi connectivity index (χ1v) is 6.42. The van der Waals surface area contributed by atoms with E-state index >= 15 is 0 Å². The maximum Gasteiger partial charge on any atom is 0.224 e. The van der Waals surface area contributed by atoms with Crippen LogP contribution in [0, 0.1) is 12.8 Å². The van der Waals surface area contributed by atoms with Gasteiger partial charge in [0.2, 0.25) is 5.91 Å². The van der Waals surface area contributed by atoms with Crippen molar-refractivity contribution in [1.82, 2.24) is 5.32 Å². The van der Waals surface area contributed by atoms with Crippen molar-refractivity contribution in [3.05, 3.63) is 35.4 Å². The first-order valence-electron chi connectivity index (χ1n) is 6.42. The second kappa shape index (κ2) is 6.01. The Morgan fingerprint density at radius 3 is 2.56 bits per heavy atom. The Kier molecular flexibility index (Phi) is 4.91. The lowest BCUT2D eigenvalue weighted by Crippen LogP contribution is -2.48. The molecule has 3 nitrogen and oxygen atoms in total. The summed E-state index contributed by atoms with van der Waals surface area (Å²) in [6, 6.07) is 8.26. The van der Waals surface area contributed by atoms with Crippen LogP contribution in [0.25, 0.3) is 0 Å². The highest BCUT2D eigenvalue weighted by molar-refractivity contribution is 5.79. The predicted octanol–water partition coefficient (Wildman–Crippen LogP) is 2.03. The molecule has 3 heteroatoms. The topological polar surface area (TPSA) is 55.1 Å². The summed E-state index contributed by atoms with van der Waals surface area (Å²) in [7, 11) is 0. The Balaban J connectivity index is 2.70. The lowest BCUT2D eigenvalue weighted by molar-refractivity contribution is -0.125. The zero-order valence-corrected chi connectivity index (χ0v) is 11.8. The molecule has 18 heavy (non-hydrogen) atoms. The molecule has 1 aromatic rings. The van der Waals surface area contributed by atoms with Gasteiger partial charge < -0.3 is 11.1 Å². The van der Waals surface area contributed by atoms with E-state index < -0.39 is 0 Å². The fraction of sp³-hybridized carbons (Fsp3) is 0.533. The Bertz CT molecular complexity index is 413. The fourth-order valence-electron chi connectivity index (χ4n) is 1.89. The van der Waals surface area contributed by atoms with Crippen molar-refractivity contribution in [2.24, 2.45) is 11.7 Å². The Morgan fingerprint density at radius 1 is 1.39 bits per heavy atom. The van der Waals surface area contributed by atoms with Crippen LogP contribution in [0.1, 0.15) is 31.9 Å². The summed E-state index contributed by atoms with van der Waals surface area (Å²) in [5.41, 5.74) is 7.77. The van der Waals surface area contributed by atoms with Gasteiger partial charge in [-0.25, -0.2) is 0 Å². The molecule has 0 spiro atoms. The number of amides is 1. The molecule has 100 valence electrons. The van der Waals surface area contributed by atoms with Gasteiger partial charge in [-0.3, -0.25) is 4.79 Å². The van der Waals surface area contributed by atoms with Gasteiger partial charge in [-0.15, -0.1) is 0 Å². The molecule has 0 saturated carbocycles. The van der Waals surface area contributed by atoms with Gasteiger partial charge in [-0.05, 0) is 38.3 Å². The highest BCUT2D eigenvalue weighted by atomic mass is 16.2. The molecule has 0 saturated heterocycles. The molecule has 1 rings (SSSR count). The van der Waals surface area contributed by atoms with Gasteiger partial charge in [0.05, 0.1) is 0 Å². The largest absolute Gasteiger partial charge is 0.351 e. The number of hydrogen-bond acceptors (Lipinski definition) is 2. The SMILES string of the molecule is Cc1ccccc1CC(C)(C)NC(=O)C(C)CN. The van der Waals surface area contributed by atoms with Gasteiger partial charge in [0, 0.05) is 18.0 Å². The average molecular weight is 248 g/mol. The van der Waals surface area contributed by atoms with E-state index in [4.69, 9.17) is 5.73 Å². The second-order valence-electron chi connectivity index (χ2n) is 5.61. The maximum atomic E-state index is 11.9. The fourth-order valence-corrected chi connectivity index (χ4v) is 1.89. The number of carbonyl (C=O) groups excluding carboxylic acids is 1. The average Bonchev–Trinajstić information content (AvgIpc) is 2.30. The van der Waals surface area contributed by atoms with Gasteiger partial charge in [-0.1, -0.05) is 31.2 Å². The predicted molar refractivity (Wildman–Crippen MR) is 75.3 cm³/mol. The molecule has 0 fully saturated rings. The minimum absolute atomic E-state index is 0.0242. The van der Waals surface area contributed by atoms with E-state index in [0.717, 1.165) is 6.42 Å². The molecule has 1 unspecified atom stereocenters. The third-order valence-corrected chi connectivity index (χ3v) is 3.16. The van der Waals surface area contributed by atoms with Crippen molar-refractivity contribution >= 4 is 5.91 Å². The van der Waals surface area contributed by atoms with Crippen molar-refractivity contribution in [3.63, 3.8) is 0 Å². The third kappa shape index (κ3) is 4.15. The van der Waals surface area contributed by atoms with E-state index in [0.29, 0.717) is 6.54 Å². The van der Waals surface area contributed by atoms with E-state index in [1.54, 1.807) is 0 Å². The smallest absolute Gasteiger partial charge is 0.224 e. The van der Waals surface area contributed by atoms with Crippen LogP contribution in [-0.2, 0) is 11.2 Å². The van der Waals surface area contributed by atoms with Crippen LogP contribution in [0.4, 0.5) is 0 Å². The molecule has 1 atom stereocenters. The van der Waals surface area contributed by atoms with E-state index in [2.05, 4.69) is 24.4 Å². The third-order valence-electron chi connectivity index (χ3n) is 3.16. The van der Waals surface area contributed by atoms with Gasteiger partial charge in [0.15, 0.2) is 0 Å². The molecule has 0 radical (unpaired) electrons. The van der Waals surface area contributed by atoms with Crippen LogP contribution in [-0.4, -0.2) is 18.0 Å². The number of nitrogens with two attached hydrogens (primary N) is 1. The number of hydrogen-bond donors (Lipinski definition) is 2. The van der Waals surface area contributed by atoms with Gasteiger partial charge in [0.25, 0.3) is 0 Å². The van der Waals surface area contributed by atoms with Gasteiger partial charge >= 0.3 is 0 Å². The normalized spacial score (nSPS) is 13.2. The molecule has 0 heterocycles. The summed E-state index contributed by atoms with van der Waals surface area (Å²) in [4.78, 5) is 11.9. The van der Waals surface area contributed by atoms with E-state index in [1.165, 1.54) is 11.1 Å². The quantitative estimate of drug-likeness (QED) is 0.837. The summed E-state index contributed by atoms with van der Waals surface area (Å²) in [6.45, 7) is 8.41. The van der Waals surface area contributed by atoms with Crippen molar-refractivity contribution in [2.45, 2.75) is 39.7 Å². The number of nitrogens with one attached hydrogen (secondary N) is 1. The van der Waals surface area contributed by atoms with Crippen LogP contribution in [0.2, 0.25) is 0 Å². The number of rotatable bonds is 5. The summed E-state index contributed by atoms with van der Waals surface area (Å²) in [5, 5.41) is 3.06. The Labute approximate surface area is 110 Å². The lowest BCUT2D eigenvalue weighted by atomic mass is 9.91. The molecule has 0 aliphatic heterocycles. The molecular formula is C15H24N2O. The highest BCUT2D eigenvalue weighted by Crippen LogP contribution is 2.16. The van der Waals surface area contributed by atoms with Crippen molar-refractivity contribution in [1.29, 1.82) is 0 Å². The summed E-state index contributed by atoms with van der Waals surface area (Å²) in [5.74, 6) is -0.114. The Hall–Kier alpha value is -1.35. The molecule has 1 amide bonds. The zero-order valence-electron chi connectivity index (χ0n) is 11.8. The van der Waals surface area contributed by atoms with E-state index in [1.807, 2.05) is 32.9 Å². The van der Waals surface area contributed by atoms with E-state index in [9.17, 15) is 4.79 Å². The van der Waals surface area contributed by atoms with Crippen LogP contribution in [0.5, 0.6) is 0 Å². The minimum atomic E-state index is -0.257.